The molecule has 5 heteroatoms. The molecule has 0 spiro atoms. The van der Waals surface area contributed by atoms with Crippen molar-refractivity contribution in [1.82, 2.24) is 4.98 Å². The summed E-state index contributed by atoms with van der Waals surface area (Å²) in [5, 5.41) is 12.0. The van der Waals surface area contributed by atoms with E-state index in [0.29, 0.717) is 16.3 Å². The molecule has 0 saturated carbocycles. The van der Waals surface area contributed by atoms with Gasteiger partial charge in [0.25, 0.3) is 5.69 Å². The first kappa shape index (κ1) is 18.4. The van der Waals surface area contributed by atoms with Crippen molar-refractivity contribution in [3.8, 4) is 0 Å². The molecule has 122 valence electrons. The zero-order valence-electron chi connectivity index (χ0n) is 14.1. The molecule has 0 bridgehead atoms. The minimum Gasteiger partial charge on any atom is -0.349 e. The zero-order chi connectivity index (χ0) is 17.6. The molecule has 1 heterocycles. The van der Waals surface area contributed by atoms with Crippen molar-refractivity contribution in [3.05, 3.63) is 62.3 Å². The quantitative estimate of drug-likeness (QED) is 0.392. The van der Waals surface area contributed by atoms with Crippen molar-refractivity contribution in [2.75, 3.05) is 0 Å². The summed E-state index contributed by atoms with van der Waals surface area (Å²) in [5.74, 6) is 0. The average Bonchev–Trinajstić information content (AvgIpc) is 2.58. The maximum atomic E-state index is 12.4. The Bertz CT molecular complexity index is 882. The van der Waals surface area contributed by atoms with Gasteiger partial charge in [-0.3, -0.25) is 14.9 Å². The number of nitro groups is 1. The topological polar surface area (TPSA) is 76.0 Å². The normalized spacial score (nSPS) is 9.61. The monoisotopic (exact) mass is 314 g/mol. The van der Waals surface area contributed by atoms with Gasteiger partial charge < -0.3 is 4.98 Å². The molecule has 0 atom stereocenters. The second-order valence-corrected chi connectivity index (χ2v) is 4.41. The van der Waals surface area contributed by atoms with Gasteiger partial charge in [-0.25, -0.2) is 0 Å². The van der Waals surface area contributed by atoms with E-state index in [0.717, 1.165) is 5.56 Å². The summed E-state index contributed by atoms with van der Waals surface area (Å²) in [5.41, 5.74) is 1.36. The SMILES string of the molecule is CC.CC.Cc1ccc([N+](=O)[O-])c2[nH]c3ccccc3c(=O)c12. The predicted octanol–water partition coefficient (Wildman–Crippen LogP) is 4.95. The fraction of sp³-hybridized carbons (Fsp3) is 0.278. The number of hydrogen-bond acceptors (Lipinski definition) is 3. The molecule has 3 rings (SSSR count). The summed E-state index contributed by atoms with van der Waals surface area (Å²) >= 11 is 0. The largest absolute Gasteiger partial charge is 0.349 e. The molecule has 0 fully saturated rings. The number of benzene rings is 2. The molecule has 0 aliphatic rings. The Hall–Kier alpha value is -2.69. The first-order chi connectivity index (χ1) is 11.1. The van der Waals surface area contributed by atoms with Gasteiger partial charge in [0.1, 0.15) is 5.52 Å². The highest BCUT2D eigenvalue weighted by atomic mass is 16.6. The predicted molar refractivity (Wildman–Crippen MR) is 96.2 cm³/mol. The molecular formula is C18H22N2O3. The third kappa shape index (κ3) is 3.39. The van der Waals surface area contributed by atoms with Gasteiger partial charge in [0.05, 0.1) is 10.3 Å². The number of rotatable bonds is 1. The maximum Gasteiger partial charge on any atom is 0.293 e. The van der Waals surface area contributed by atoms with E-state index < -0.39 is 4.92 Å². The zero-order valence-corrected chi connectivity index (χ0v) is 14.1. The van der Waals surface area contributed by atoms with Crippen LogP contribution in [0.15, 0.2) is 41.2 Å². The summed E-state index contributed by atoms with van der Waals surface area (Å²) in [6, 6.07) is 10.0. The lowest BCUT2D eigenvalue weighted by Gasteiger charge is -2.05. The van der Waals surface area contributed by atoms with E-state index in [4.69, 9.17) is 0 Å². The fourth-order valence-electron chi connectivity index (χ4n) is 2.33. The van der Waals surface area contributed by atoms with Gasteiger partial charge in [-0.15, -0.1) is 0 Å². The van der Waals surface area contributed by atoms with Crippen LogP contribution in [-0.2, 0) is 0 Å². The molecular weight excluding hydrogens is 292 g/mol. The Balaban J connectivity index is 0.000000615. The third-order valence-corrected chi connectivity index (χ3v) is 3.25. The second kappa shape index (κ2) is 8.08. The molecule has 3 aromatic rings. The summed E-state index contributed by atoms with van der Waals surface area (Å²) < 4.78 is 0. The molecule has 5 nitrogen and oxygen atoms in total. The minimum absolute atomic E-state index is 0.0801. The van der Waals surface area contributed by atoms with Crippen LogP contribution < -0.4 is 5.43 Å². The van der Waals surface area contributed by atoms with Gasteiger partial charge in [-0.1, -0.05) is 45.9 Å². The lowest BCUT2D eigenvalue weighted by molar-refractivity contribution is -0.383. The Morgan fingerprint density at radius 2 is 1.61 bits per heavy atom. The van der Waals surface area contributed by atoms with Gasteiger partial charge in [0.15, 0.2) is 5.43 Å². The van der Waals surface area contributed by atoms with Crippen molar-refractivity contribution < 1.29 is 4.92 Å². The molecule has 0 radical (unpaired) electrons. The van der Waals surface area contributed by atoms with Crippen LogP contribution in [-0.4, -0.2) is 9.91 Å². The number of non-ortho nitro benzene ring substituents is 1. The highest BCUT2D eigenvalue weighted by Gasteiger charge is 2.17. The first-order valence-electron chi connectivity index (χ1n) is 7.78. The molecule has 0 unspecified atom stereocenters. The van der Waals surface area contributed by atoms with Gasteiger partial charge in [-0.2, -0.15) is 0 Å². The van der Waals surface area contributed by atoms with Crippen LogP contribution in [0.1, 0.15) is 33.3 Å². The third-order valence-electron chi connectivity index (χ3n) is 3.25. The smallest absolute Gasteiger partial charge is 0.293 e. The highest BCUT2D eigenvalue weighted by molar-refractivity contribution is 5.98. The molecule has 0 saturated heterocycles. The Labute approximate surface area is 135 Å². The number of nitro benzene ring substituents is 1. The average molecular weight is 314 g/mol. The van der Waals surface area contributed by atoms with E-state index in [2.05, 4.69) is 4.98 Å². The van der Waals surface area contributed by atoms with Crippen molar-refractivity contribution in [2.45, 2.75) is 34.6 Å². The standard InChI is InChI=1S/C14H10N2O3.2C2H6/c1-8-6-7-11(16(18)19)13-12(8)14(17)9-4-2-3-5-10(9)15-13;2*1-2/h2-7H,1H3,(H,15,17);2*1-2H3. The van der Waals surface area contributed by atoms with Gasteiger partial charge >= 0.3 is 0 Å². The highest BCUT2D eigenvalue weighted by Crippen LogP contribution is 2.26. The number of H-pyrrole nitrogens is 1. The molecule has 23 heavy (non-hydrogen) atoms. The molecule has 0 aliphatic heterocycles. The Morgan fingerprint density at radius 1 is 1.00 bits per heavy atom. The lowest BCUT2D eigenvalue weighted by Crippen LogP contribution is -2.07. The van der Waals surface area contributed by atoms with Gasteiger partial charge in [-0.05, 0) is 24.6 Å². The second-order valence-electron chi connectivity index (χ2n) is 4.41. The number of aryl methyl sites for hydroxylation is 1. The Morgan fingerprint density at radius 3 is 2.22 bits per heavy atom. The van der Waals surface area contributed by atoms with E-state index >= 15 is 0 Å². The summed E-state index contributed by atoms with van der Waals surface area (Å²) in [7, 11) is 0. The van der Waals surface area contributed by atoms with Crippen LogP contribution >= 0.6 is 0 Å². The minimum atomic E-state index is -0.480. The van der Waals surface area contributed by atoms with Crippen LogP contribution in [0.4, 0.5) is 5.69 Å². The molecule has 0 aliphatic carbocycles. The maximum absolute atomic E-state index is 12.4. The lowest BCUT2D eigenvalue weighted by atomic mass is 10.0. The van der Waals surface area contributed by atoms with Crippen LogP contribution in [0.25, 0.3) is 21.8 Å². The summed E-state index contributed by atoms with van der Waals surface area (Å²) in [6.07, 6.45) is 0. The molecule has 0 amide bonds. The number of hydrogen-bond donors (Lipinski definition) is 1. The van der Waals surface area contributed by atoms with E-state index in [-0.39, 0.29) is 16.6 Å². The van der Waals surface area contributed by atoms with Crippen LogP contribution in [0, 0.1) is 17.0 Å². The van der Waals surface area contributed by atoms with Crippen LogP contribution in [0.2, 0.25) is 0 Å². The van der Waals surface area contributed by atoms with Crippen LogP contribution in [0.5, 0.6) is 0 Å². The molecule has 2 aromatic carbocycles. The fourth-order valence-corrected chi connectivity index (χ4v) is 2.33. The summed E-state index contributed by atoms with van der Waals surface area (Å²) in [4.78, 5) is 26.0. The van der Waals surface area contributed by atoms with Gasteiger partial charge in [0.2, 0.25) is 0 Å². The number of nitrogens with one attached hydrogen (secondary N) is 1. The number of para-hydroxylation sites is 1. The van der Waals surface area contributed by atoms with Crippen molar-refractivity contribution in [3.63, 3.8) is 0 Å². The van der Waals surface area contributed by atoms with Crippen molar-refractivity contribution in [2.24, 2.45) is 0 Å². The Kier molecular flexibility index (Phi) is 6.45. The van der Waals surface area contributed by atoms with E-state index in [1.54, 1.807) is 37.3 Å². The number of nitrogens with zero attached hydrogens (tertiary/aromatic N) is 1. The number of aromatic amines is 1. The van der Waals surface area contributed by atoms with E-state index in [1.165, 1.54) is 6.07 Å². The van der Waals surface area contributed by atoms with E-state index in [9.17, 15) is 14.9 Å². The van der Waals surface area contributed by atoms with Crippen molar-refractivity contribution >= 4 is 27.5 Å². The molecule has 1 N–H and O–H groups in total. The van der Waals surface area contributed by atoms with E-state index in [1.807, 2.05) is 27.7 Å². The number of fused-ring (bicyclic) bond motifs is 2. The van der Waals surface area contributed by atoms with Gasteiger partial charge in [0, 0.05) is 17.0 Å². The summed E-state index contributed by atoms with van der Waals surface area (Å²) in [6.45, 7) is 9.77. The van der Waals surface area contributed by atoms with Crippen molar-refractivity contribution in [1.29, 1.82) is 0 Å². The number of pyridine rings is 1. The molecule has 1 aromatic heterocycles. The van der Waals surface area contributed by atoms with Crippen LogP contribution in [0.3, 0.4) is 0 Å². The first-order valence-corrected chi connectivity index (χ1v) is 7.78. The number of aromatic nitrogens is 1.